The maximum absolute atomic E-state index is 12.2. The summed E-state index contributed by atoms with van der Waals surface area (Å²) >= 11 is 12.2. The molecule has 5 nitrogen and oxygen atoms in total. The summed E-state index contributed by atoms with van der Waals surface area (Å²) in [5.41, 5.74) is 2.02. The number of carbonyl (C=O) groups excluding carboxylic acids is 1. The molecule has 2 heterocycles. The van der Waals surface area contributed by atoms with E-state index in [-0.39, 0.29) is 12.3 Å². The Morgan fingerprint density at radius 2 is 1.95 bits per heavy atom. The molecule has 0 atom stereocenters. The van der Waals surface area contributed by atoms with Crippen LogP contribution in [0.5, 0.6) is 0 Å². The second-order valence-electron chi connectivity index (χ2n) is 4.77. The van der Waals surface area contributed by atoms with Gasteiger partial charge >= 0.3 is 0 Å². The van der Waals surface area contributed by atoms with Crippen LogP contribution in [0.2, 0.25) is 10.0 Å². The second kappa shape index (κ2) is 5.94. The van der Waals surface area contributed by atoms with E-state index in [9.17, 15) is 4.79 Å². The standard InChI is InChI=1S/C15H12Cl2N4O/c1-21-14-12(6-3-7-18-14)19-15(21)20-13(22)8-9-10(16)4-2-5-11(9)17/h2-7H,8H2,1H3,(H,19,20,22). The number of fused-ring (bicyclic) bond motifs is 1. The van der Waals surface area contributed by atoms with E-state index in [0.717, 1.165) is 5.52 Å². The number of halogens is 2. The van der Waals surface area contributed by atoms with Crippen LogP contribution in [-0.4, -0.2) is 20.4 Å². The predicted octanol–water partition coefficient (Wildman–Crippen LogP) is 3.46. The molecule has 0 saturated heterocycles. The molecule has 1 amide bonds. The Balaban J connectivity index is 1.83. The molecule has 112 valence electrons. The monoisotopic (exact) mass is 334 g/mol. The summed E-state index contributed by atoms with van der Waals surface area (Å²) in [7, 11) is 1.79. The van der Waals surface area contributed by atoms with E-state index < -0.39 is 0 Å². The molecule has 3 rings (SSSR count). The zero-order chi connectivity index (χ0) is 15.7. The number of hydrogen-bond acceptors (Lipinski definition) is 3. The van der Waals surface area contributed by atoms with Crippen molar-refractivity contribution in [1.82, 2.24) is 14.5 Å². The van der Waals surface area contributed by atoms with E-state index in [4.69, 9.17) is 23.2 Å². The van der Waals surface area contributed by atoms with E-state index in [2.05, 4.69) is 15.3 Å². The van der Waals surface area contributed by atoms with Gasteiger partial charge in [-0.1, -0.05) is 29.3 Å². The summed E-state index contributed by atoms with van der Waals surface area (Å²) in [4.78, 5) is 20.8. The van der Waals surface area contributed by atoms with Crippen LogP contribution in [0.1, 0.15) is 5.56 Å². The van der Waals surface area contributed by atoms with Gasteiger partial charge in [-0.25, -0.2) is 9.97 Å². The molecule has 1 aromatic carbocycles. The fourth-order valence-corrected chi connectivity index (χ4v) is 2.70. The summed E-state index contributed by atoms with van der Waals surface area (Å²) in [5.74, 6) is 0.190. The fraction of sp³-hybridized carbons (Fsp3) is 0.133. The summed E-state index contributed by atoms with van der Waals surface area (Å²) in [6.45, 7) is 0. The number of anilines is 1. The van der Waals surface area contributed by atoms with Gasteiger partial charge in [0.2, 0.25) is 11.9 Å². The van der Waals surface area contributed by atoms with Crippen LogP contribution in [0.25, 0.3) is 11.2 Å². The van der Waals surface area contributed by atoms with Crippen LogP contribution < -0.4 is 5.32 Å². The number of carbonyl (C=O) groups is 1. The zero-order valence-electron chi connectivity index (χ0n) is 11.7. The second-order valence-corrected chi connectivity index (χ2v) is 5.58. The van der Waals surface area contributed by atoms with Gasteiger partial charge in [-0.3, -0.25) is 14.7 Å². The number of nitrogens with one attached hydrogen (secondary N) is 1. The van der Waals surface area contributed by atoms with Crippen LogP contribution in [-0.2, 0) is 18.3 Å². The van der Waals surface area contributed by atoms with Gasteiger partial charge in [0.15, 0.2) is 5.65 Å². The smallest absolute Gasteiger partial charge is 0.231 e. The summed E-state index contributed by atoms with van der Waals surface area (Å²) in [5, 5.41) is 3.69. The number of aromatic nitrogens is 3. The molecular formula is C15H12Cl2N4O. The van der Waals surface area contributed by atoms with Crippen molar-refractivity contribution in [3.05, 3.63) is 52.1 Å². The minimum Gasteiger partial charge on any atom is -0.298 e. The van der Waals surface area contributed by atoms with Crippen LogP contribution >= 0.6 is 23.2 Å². The van der Waals surface area contributed by atoms with Crippen molar-refractivity contribution in [3.63, 3.8) is 0 Å². The first-order chi connectivity index (χ1) is 10.6. The van der Waals surface area contributed by atoms with Crippen molar-refractivity contribution in [3.8, 4) is 0 Å². The highest BCUT2D eigenvalue weighted by Gasteiger charge is 2.14. The molecule has 0 saturated carbocycles. The van der Waals surface area contributed by atoms with Crippen molar-refractivity contribution in [1.29, 1.82) is 0 Å². The number of pyridine rings is 1. The third-order valence-corrected chi connectivity index (χ3v) is 3.99. The lowest BCUT2D eigenvalue weighted by Crippen LogP contribution is -2.17. The highest BCUT2D eigenvalue weighted by Crippen LogP contribution is 2.25. The van der Waals surface area contributed by atoms with Crippen LogP contribution in [0.3, 0.4) is 0 Å². The first kappa shape index (κ1) is 14.8. The molecule has 3 aromatic rings. The van der Waals surface area contributed by atoms with Gasteiger partial charge in [0.05, 0.1) is 6.42 Å². The van der Waals surface area contributed by atoms with Crippen molar-refractivity contribution in [2.75, 3.05) is 5.32 Å². The van der Waals surface area contributed by atoms with E-state index in [1.807, 2.05) is 6.07 Å². The quantitative estimate of drug-likeness (QED) is 0.797. The Labute approximate surface area is 136 Å². The van der Waals surface area contributed by atoms with Crippen molar-refractivity contribution in [2.24, 2.45) is 7.05 Å². The number of imidazole rings is 1. The fourth-order valence-electron chi connectivity index (χ4n) is 2.17. The van der Waals surface area contributed by atoms with E-state index in [1.165, 1.54) is 0 Å². The number of benzene rings is 1. The molecule has 1 N–H and O–H groups in total. The van der Waals surface area contributed by atoms with Crippen LogP contribution in [0.15, 0.2) is 36.5 Å². The molecule has 0 aliphatic heterocycles. The van der Waals surface area contributed by atoms with Gasteiger partial charge in [-0.15, -0.1) is 0 Å². The Hall–Kier alpha value is -2.11. The van der Waals surface area contributed by atoms with Crippen molar-refractivity contribution in [2.45, 2.75) is 6.42 Å². The Kier molecular flexibility index (Phi) is 4.00. The van der Waals surface area contributed by atoms with E-state index in [0.29, 0.717) is 27.2 Å². The van der Waals surface area contributed by atoms with Gasteiger partial charge in [0, 0.05) is 23.3 Å². The Morgan fingerprint density at radius 3 is 2.64 bits per heavy atom. The van der Waals surface area contributed by atoms with Crippen LogP contribution in [0, 0.1) is 0 Å². The predicted molar refractivity (Wildman–Crippen MR) is 87.3 cm³/mol. The molecule has 0 spiro atoms. The molecule has 0 unspecified atom stereocenters. The minimum absolute atomic E-state index is 0.0785. The minimum atomic E-state index is -0.242. The molecule has 0 aliphatic rings. The molecule has 2 aromatic heterocycles. The summed E-state index contributed by atoms with van der Waals surface area (Å²) in [6, 6.07) is 8.78. The van der Waals surface area contributed by atoms with Gasteiger partial charge in [-0.2, -0.15) is 0 Å². The maximum atomic E-state index is 12.2. The molecular weight excluding hydrogens is 323 g/mol. The third kappa shape index (κ3) is 2.77. The molecule has 7 heteroatoms. The van der Waals surface area contributed by atoms with E-state index in [1.54, 1.807) is 42.1 Å². The largest absolute Gasteiger partial charge is 0.298 e. The van der Waals surface area contributed by atoms with E-state index >= 15 is 0 Å². The average molecular weight is 335 g/mol. The van der Waals surface area contributed by atoms with Gasteiger partial charge in [0.25, 0.3) is 0 Å². The van der Waals surface area contributed by atoms with Crippen molar-refractivity contribution < 1.29 is 4.79 Å². The number of hydrogen-bond donors (Lipinski definition) is 1. The Bertz CT molecular complexity index is 840. The number of nitrogens with zero attached hydrogens (tertiary/aromatic N) is 3. The topological polar surface area (TPSA) is 59.8 Å². The first-order valence-electron chi connectivity index (χ1n) is 6.56. The average Bonchev–Trinajstić information content (AvgIpc) is 2.80. The number of aryl methyl sites for hydroxylation is 1. The zero-order valence-corrected chi connectivity index (χ0v) is 13.2. The molecule has 0 aliphatic carbocycles. The lowest BCUT2D eigenvalue weighted by atomic mass is 10.1. The summed E-state index contributed by atoms with van der Waals surface area (Å²) in [6.07, 6.45) is 1.76. The molecule has 0 bridgehead atoms. The summed E-state index contributed by atoms with van der Waals surface area (Å²) < 4.78 is 1.72. The normalized spacial score (nSPS) is 10.9. The number of amides is 1. The Morgan fingerprint density at radius 1 is 1.23 bits per heavy atom. The lowest BCUT2D eigenvalue weighted by molar-refractivity contribution is -0.115. The highest BCUT2D eigenvalue weighted by molar-refractivity contribution is 6.36. The molecule has 0 fully saturated rings. The lowest BCUT2D eigenvalue weighted by Gasteiger charge is -2.07. The molecule has 0 radical (unpaired) electrons. The molecule has 22 heavy (non-hydrogen) atoms. The SMILES string of the molecule is Cn1c(NC(=O)Cc2c(Cl)cccc2Cl)nc2cccnc21. The van der Waals surface area contributed by atoms with Crippen molar-refractivity contribution >= 4 is 46.2 Å². The number of rotatable bonds is 3. The first-order valence-corrected chi connectivity index (χ1v) is 7.32. The maximum Gasteiger partial charge on any atom is 0.231 e. The van der Waals surface area contributed by atoms with Gasteiger partial charge in [-0.05, 0) is 29.8 Å². The van der Waals surface area contributed by atoms with Crippen LogP contribution in [0.4, 0.5) is 5.95 Å². The highest BCUT2D eigenvalue weighted by atomic mass is 35.5. The van der Waals surface area contributed by atoms with Gasteiger partial charge < -0.3 is 0 Å². The van der Waals surface area contributed by atoms with Gasteiger partial charge in [0.1, 0.15) is 5.52 Å². The third-order valence-electron chi connectivity index (χ3n) is 3.28.